The first-order valence-electron chi connectivity index (χ1n) is 8.06. The molecule has 25 heavy (non-hydrogen) atoms. The Morgan fingerprint density at radius 2 is 2.08 bits per heavy atom. The standard InChI is InChI=1S/C18H17N3O2S2/c22-16(12-24-11-13-5-2-1-3-6-13)21-9-14(10-21)18-19-17(20-23-18)15-7-4-8-25-15/h1-8,14H,9-12H2. The van der Waals surface area contributed by atoms with Crippen LogP contribution in [-0.2, 0) is 10.5 Å². The molecule has 1 aliphatic rings. The fraction of sp³-hybridized carbons (Fsp3) is 0.278. The average molecular weight is 371 g/mol. The monoisotopic (exact) mass is 371 g/mol. The molecule has 0 atom stereocenters. The maximum absolute atomic E-state index is 12.2. The lowest BCUT2D eigenvalue weighted by Crippen LogP contribution is -2.49. The van der Waals surface area contributed by atoms with Gasteiger partial charge in [-0.05, 0) is 17.0 Å². The smallest absolute Gasteiger partial charge is 0.233 e. The van der Waals surface area contributed by atoms with Gasteiger partial charge in [-0.25, -0.2) is 0 Å². The van der Waals surface area contributed by atoms with E-state index >= 15 is 0 Å². The van der Waals surface area contributed by atoms with Crippen LogP contribution in [0.25, 0.3) is 10.7 Å². The molecule has 5 nitrogen and oxygen atoms in total. The van der Waals surface area contributed by atoms with E-state index in [1.807, 2.05) is 40.6 Å². The van der Waals surface area contributed by atoms with Gasteiger partial charge in [-0.1, -0.05) is 41.6 Å². The molecule has 2 aromatic heterocycles. The first-order valence-corrected chi connectivity index (χ1v) is 10.1. The Bertz CT molecular complexity index is 827. The van der Waals surface area contributed by atoms with Crippen molar-refractivity contribution in [3.05, 3.63) is 59.3 Å². The lowest BCUT2D eigenvalue weighted by Gasteiger charge is -2.37. The summed E-state index contributed by atoms with van der Waals surface area (Å²) < 4.78 is 5.36. The summed E-state index contributed by atoms with van der Waals surface area (Å²) in [5, 5.41) is 6.02. The highest BCUT2D eigenvalue weighted by molar-refractivity contribution is 7.99. The van der Waals surface area contributed by atoms with E-state index in [-0.39, 0.29) is 11.8 Å². The molecule has 1 aliphatic heterocycles. The van der Waals surface area contributed by atoms with E-state index < -0.39 is 0 Å². The molecular weight excluding hydrogens is 354 g/mol. The van der Waals surface area contributed by atoms with Gasteiger partial charge in [0.05, 0.1) is 16.5 Å². The molecule has 1 fully saturated rings. The number of hydrogen-bond acceptors (Lipinski definition) is 6. The number of likely N-dealkylation sites (tertiary alicyclic amines) is 1. The van der Waals surface area contributed by atoms with Gasteiger partial charge in [0, 0.05) is 18.8 Å². The molecule has 0 spiro atoms. The van der Waals surface area contributed by atoms with Crippen LogP contribution >= 0.6 is 23.1 Å². The van der Waals surface area contributed by atoms with Crippen LogP contribution in [0.3, 0.4) is 0 Å². The number of thioether (sulfide) groups is 1. The number of carbonyl (C=O) groups excluding carboxylic acids is 1. The summed E-state index contributed by atoms with van der Waals surface area (Å²) in [4.78, 5) is 19.5. The molecule has 1 amide bonds. The summed E-state index contributed by atoms with van der Waals surface area (Å²) in [6, 6.07) is 14.1. The van der Waals surface area contributed by atoms with E-state index in [0.29, 0.717) is 30.6 Å². The maximum atomic E-state index is 12.2. The molecular formula is C18H17N3O2S2. The average Bonchev–Trinajstić information content (AvgIpc) is 3.26. The van der Waals surface area contributed by atoms with Gasteiger partial charge in [-0.3, -0.25) is 4.79 Å². The number of nitrogens with zero attached hydrogens (tertiary/aromatic N) is 3. The van der Waals surface area contributed by atoms with Crippen LogP contribution in [0.4, 0.5) is 0 Å². The molecule has 3 aromatic rings. The molecule has 0 unspecified atom stereocenters. The number of thiophene rings is 1. The van der Waals surface area contributed by atoms with Crippen LogP contribution in [0.5, 0.6) is 0 Å². The van der Waals surface area contributed by atoms with Gasteiger partial charge < -0.3 is 9.42 Å². The zero-order chi connectivity index (χ0) is 17.1. The van der Waals surface area contributed by atoms with E-state index in [1.54, 1.807) is 23.1 Å². The molecule has 7 heteroatoms. The molecule has 128 valence electrons. The predicted octanol–water partition coefficient (Wildman–Crippen LogP) is 3.66. The van der Waals surface area contributed by atoms with Gasteiger partial charge in [0.1, 0.15) is 0 Å². The Morgan fingerprint density at radius 3 is 2.84 bits per heavy atom. The van der Waals surface area contributed by atoms with Crippen molar-refractivity contribution in [1.29, 1.82) is 0 Å². The first-order chi connectivity index (χ1) is 12.3. The Balaban J connectivity index is 1.24. The van der Waals surface area contributed by atoms with E-state index in [4.69, 9.17) is 4.52 Å². The van der Waals surface area contributed by atoms with Crippen molar-refractivity contribution < 1.29 is 9.32 Å². The van der Waals surface area contributed by atoms with Crippen molar-refractivity contribution in [2.45, 2.75) is 11.7 Å². The summed E-state index contributed by atoms with van der Waals surface area (Å²) >= 11 is 3.24. The zero-order valence-electron chi connectivity index (χ0n) is 13.5. The molecule has 0 bridgehead atoms. The minimum Gasteiger partial charge on any atom is -0.340 e. The largest absolute Gasteiger partial charge is 0.340 e. The number of benzene rings is 1. The van der Waals surface area contributed by atoms with Crippen molar-refractivity contribution in [2.75, 3.05) is 18.8 Å². The van der Waals surface area contributed by atoms with Crippen LogP contribution in [0.15, 0.2) is 52.4 Å². The maximum Gasteiger partial charge on any atom is 0.233 e. The van der Waals surface area contributed by atoms with Gasteiger partial charge in [-0.15, -0.1) is 23.1 Å². The third-order valence-corrected chi connectivity index (χ3v) is 5.96. The third kappa shape index (κ3) is 3.77. The molecule has 0 N–H and O–H groups in total. The van der Waals surface area contributed by atoms with E-state index in [9.17, 15) is 4.79 Å². The molecule has 4 rings (SSSR count). The Labute approximate surface area is 154 Å². The zero-order valence-corrected chi connectivity index (χ0v) is 15.1. The molecule has 1 aromatic carbocycles. The lowest BCUT2D eigenvalue weighted by molar-refractivity contribution is -0.133. The molecule has 0 aliphatic carbocycles. The van der Waals surface area contributed by atoms with Crippen molar-refractivity contribution in [1.82, 2.24) is 15.0 Å². The summed E-state index contributed by atoms with van der Waals surface area (Å²) in [7, 11) is 0. The fourth-order valence-electron chi connectivity index (χ4n) is 2.67. The molecule has 1 saturated heterocycles. The minimum atomic E-state index is 0.157. The van der Waals surface area contributed by atoms with Gasteiger partial charge >= 0.3 is 0 Å². The molecule has 3 heterocycles. The van der Waals surface area contributed by atoms with E-state index in [2.05, 4.69) is 22.3 Å². The number of aromatic nitrogens is 2. The summed E-state index contributed by atoms with van der Waals surface area (Å²) in [6.07, 6.45) is 0. The highest BCUT2D eigenvalue weighted by Gasteiger charge is 2.35. The predicted molar refractivity (Wildman–Crippen MR) is 99.5 cm³/mol. The highest BCUT2D eigenvalue weighted by Crippen LogP contribution is 2.29. The second-order valence-electron chi connectivity index (χ2n) is 5.91. The van der Waals surface area contributed by atoms with Crippen LogP contribution in [0.2, 0.25) is 0 Å². The first kappa shape index (κ1) is 16.4. The highest BCUT2D eigenvalue weighted by atomic mass is 32.2. The topological polar surface area (TPSA) is 59.2 Å². The summed E-state index contributed by atoms with van der Waals surface area (Å²) in [5.41, 5.74) is 1.24. The molecule has 0 saturated carbocycles. The van der Waals surface area contributed by atoms with Crippen LogP contribution in [0.1, 0.15) is 17.4 Å². The van der Waals surface area contributed by atoms with Crippen molar-refractivity contribution in [3.63, 3.8) is 0 Å². The lowest BCUT2D eigenvalue weighted by atomic mass is 10.0. The van der Waals surface area contributed by atoms with Gasteiger partial charge in [-0.2, -0.15) is 4.98 Å². The fourth-order valence-corrected chi connectivity index (χ4v) is 4.20. The number of amides is 1. The second kappa shape index (κ2) is 7.41. The van der Waals surface area contributed by atoms with Gasteiger partial charge in [0.25, 0.3) is 0 Å². The minimum absolute atomic E-state index is 0.157. The van der Waals surface area contributed by atoms with Crippen LogP contribution < -0.4 is 0 Å². The van der Waals surface area contributed by atoms with E-state index in [0.717, 1.165) is 10.6 Å². The summed E-state index contributed by atoms with van der Waals surface area (Å²) in [6.45, 7) is 1.33. The van der Waals surface area contributed by atoms with Crippen molar-refractivity contribution in [2.24, 2.45) is 0 Å². The number of carbonyl (C=O) groups is 1. The van der Waals surface area contributed by atoms with Crippen LogP contribution in [-0.4, -0.2) is 39.8 Å². The summed E-state index contributed by atoms with van der Waals surface area (Å²) in [5.74, 6) is 2.96. The van der Waals surface area contributed by atoms with Gasteiger partial charge in [0.2, 0.25) is 17.6 Å². The Hall–Kier alpha value is -2.12. The van der Waals surface area contributed by atoms with Crippen molar-refractivity contribution in [3.8, 4) is 10.7 Å². The molecule has 0 radical (unpaired) electrons. The number of hydrogen-bond donors (Lipinski definition) is 0. The quantitative estimate of drug-likeness (QED) is 0.662. The van der Waals surface area contributed by atoms with Gasteiger partial charge in [0.15, 0.2) is 0 Å². The van der Waals surface area contributed by atoms with Crippen LogP contribution in [0, 0.1) is 0 Å². The normalized spacial score (nSPS) is 14.5. The van der Waals surface area contributed by atoms with Crippen molar-refractivity contribution >= 4 is 29.0 Å². The Morgan fingerprint density at radius 1 is 1.24 bits per heavy atom. The Kier molecular flexibility index (Phi) is 4.85. The number of rotatable bonds is 6. The second-order valence-corrected chi connectivity index (χ2v) is 7.84. The third-order valence-electron chi connectivity index (χ3n) is 4.10. The van der Waals surface area contributed by atoms with E-state index in [1.165, 1.54) is 5.56 Å². The SMILES string of the molecule is O=C(CSCc1ccccc1)N1CC(c2nc(-c3cccs3)no2)C1.